The van der Waals surface area contributed by atoms with Gasteiger partial charge in [-0.25, -0.2) is 12.8 Å². The molecule has 0 saturated carbocycles. The molecule has 2 aromatic rings. The molecule has 0 aliphatic rings. The van der Waals surface area contributed by atoms with Crippen LogP contribution in [0.1, 0.15) is 24.1 Å². The Morgan fingerprint density at radius 2 is 1.88 bits per heavy atom. The standard InChI is InChI=1S/C19H24FN3O2S/c1-14-9-10-16(13-18(14)20)15(2)23-19(21-3)22-11-12-26(24,25)17-7-5-4-6-8-17/h4-10,13,15H,11-12H2,1-3H3,(H2,21,22,23). The molecule has 2 aromatic carbocycles. The van der Waals surface area contributed by atoms with Gasteiger partial charge in [0.2, 0.25) is 0 Å². The number of rotatable bonds is 6. The number of aliphatic imine (C=N–C) groups is 1. The van der Waals surface area contributed by atoms with Gasteiger partial charge in [0.25, 0.3) is 0 Å². The Balaban J connectivity index is 1.92. The van der Waals surface area contributed by atoms with Gasteiger partial charge in [-0.2, -0.15) is 0 Å². The molecular weight excluding hydrogens is 353 g/mol. The first kappa shape index (κ1) is 19.9. The Kier molecular flexibility index (Phi) is 6.74. The smallest absolute Gasteiger partial charge is 0.191 e. The molecule has 2 rings (SSSR count). The lowest BCUT2D eigenvalue weighted by atomic mass is 10.1. The molecule has 0 fully saturated rings. The van der Waals surface area contributed by atoms with E-state index in [1.807, 2.05) is 13.0 Å². The largest absolute Gasteiger partial charge is 0.355 e. The molecule has 0 heterocycles. The van der Waals surface area contributed by atoms with Crippen molar-refractivity contribution in [3.8, 4) is 0 Å². The van der Waals surface area contributed by atoms with Gasteiger partial charge in [-0.1, -0.05) is 30.3 Å². The van der Waals surface area contributed by atoms with Crippen LogP contribution in [0.5, 0.6) is 0 Å². The van der Waals surface area contributed by atoms with E-state index >= 15 is 0 Å². The van der Waals surface area contributed by atoms with Gasteiger partial charge in [0.15, 0.2) is 15.8 Å². The normalized spacial score (nSPS) is 13.3. The fourth-order valence-electron chi connectivity index (χ4n) is 2.41. The summed E-state index contributed by atoms with van der Waals surface area (Å²) in [4.78, 5) is 4.39. The van der Waals surface area contributed by atoms with Gasteiger partial charge in [0.1, 0.15) is 5.82 Å². The van der Waals surface area contributed by atoms with Gasteiger partial charge in [-0.3, -0.25) is 4.99 Å². The first-order valence-corrected chi connectivity index (χ1v) is 10.00. The summed E-state index contributed by atoms with van der Waals surface area (Å²) in [5.74, 6) is 0.153. The van der Waals surface area contributed by atoms with Crippen LogP contribution in [0.3, 0.4) is 0 Å². The van der Waals surface area contributed by atoms with E-state index < -0.39 is 9.84 Å². The van der Waals surface area contributed by atoms with Crippen molar-refractivity contribution in [2.24, 2.45) is 4.99 Å². The Morgan fingerprint density at radius 3 is 2.50 bits per heavy atom. The van der Waals surface area contributed by atoms with Gasteiger partial charge in [0.05, 0.1) is 16.7 Å². The second-order valence-electron chi connectivity index (χ2n) is 6.01. The number of hydrogen-bond donors (Lipinski definition) is 2. The maximum Gasteiger partial charge on any atom is 0.191 e. The average molecular weight is 377 g/mol. The quantitative estimate of drug-likeness (QED) is 0.600. The summed E-state index contributed by atoms with van der Waals surface area (Å²) in [5.41, 5.74) is 1.38. The first-order valence-electron chi connectivity index (χ1n) is 8.34. The van der Waals surface area contributed by atoms with Crippen LogP contribution in [-0.2, 0) is 9.84 Å². The third kappa shape index (κ3) is 5.29. The number of nitrogens with one attached hydrogen (secondary N) is 2. The fraction of sp³-hybridized carbons (Fsp3) is 0.316. The second kappa shape index (κ2) is 8.80. The molecule has 5 nitrogen and oxygen atoms in total. The van der Waals surface area contributed by atoms with E-state index in [0.29, 0.717) is 16.4 Å². The molecule has 0 aromatic heterocycles. The average Bonchev–Trinajstić information content (AvgIpc) is 2.63. The molecule has 1 unspecified atom stereocenters. The van der Waals surface area contributed by atoms with Crippen molar-refractivity contribution in [3.63, 3.8) is 0 Å². The van der Waals surface area contributed by atoms with E-state index in [9.17, 15) is 12.8 Å². The highest BCUT2D eigenvalue weighted by Crippen LogP contribution is 2.16. The van der Waals surface area contributed by atoms with Crippen molar-refractivity contribution >= 4 is 15.8 Å². The van der Waals surface area contributed by atoms with Crippen molar-refractivity contribution in [3.05, 3.63) is 65.5 Å². The Bertz CT molecular complexity index is 868. The van der Waals surface area contributed by atoms with Crippen LogP contribution in [0.2, 0.25) is 0 Å². The van der Waals surface area contributed by atoms with Gasteiger partial charge in [-0.15, -0.1) is 0 Å². The number of sulfone groups is 1. The SMILES string of the molecule is CN=C(NCCS(=O)(=O)c1ccccc1)NC(C)c1ccc(C)c(F)c1. The van der Waals surface area contributed by atoms with Crippen LogP contribution in [0, 0.1) is 12.7 Å². The molecule has 0 amide bonds. The summed E-state index contributed by atoms with van der Waals surface area (Å²) in [5, 5.41) is 6.12. The number of hydrogen-bond acceptors (Lipinski definition) is 3. The van der Waals surface area contributed by atoms with Crippen molar-refractivity contribution < 1.29 is 12.8 Å². The van der Waals surface area contributed by atoms with Gasteiger partial charge >= 0.3 is 0 Å². The monoisotopic (exact) mass is 377 g/mol. The maximum atomic E-state index is 13.7. The van der Waals surface area contributed by atoms with E-state index in [1.165, 1.54) is 6.07 Å². The third-order valence-corrected chi connectivity index (χ3v) is 5.77. The second-order valence-corrected chi connectivity index (χ2v) is 8.11. The van der Waals surface area contributed by atoms with E-state index in [1.54, 1.807) is 50.4 Å². The molecule has 7 heteroatoms. The Labute approximate surface area is 154 Å². The molecular formula is C19H24FN3O2S. The summed E-state index contributed by atoms with van der Waals surface area (Å²) in [6.07, 6.45) is 0. The lowest BCUT2D eigenvalue weighted by Gasteiger charge is -2.18. The number of halogens is 1. The predicted octanol–water partition coefficient (Wildman–Crippen LogP) is 2.83. The molecule has 140 valence electrons. The first-order chi connectivity index (χ1) is 12.3. The van der Waals surface area contributed by atoms with Crippen LogP contribution in [0.25, 0.3) is 0 Å². The minimum atomic E-state index is -3.35. The zero-order valence-electron chi connectivity index (χ0n) is 15.2. The molecule has 0 saturated heterocycles. The van der Waals surface area contributed by atoms with Gasteiger partial charge in [-0.05, 0) is 43.2 Å². The summed E-state index contributed by atoms with van der Waals surface area (Å²) >= 11 is 0. The molecule has 0 bridgehead atoms. The molecule has 2 N–H and O–H groups in total. The highest BCUT2D eigenvalue weighted by Gasteiger charge is 2.14. The number of guanidine groups is 1. The van der Waals surface area contributed by atoms with E-state index in [-0.39, 0.29) is 24.2 Å². The summed E-state index contributed by atoms with van der Waals surface area (Å²) in [6, 6.07) is 13.2. The van der Waals surface area contributed by atoms with E-state index in [2.05, 4.69) is 15.6 Å². The van der Waals surface area contributed by atoms with Gasteiger partial charge < -0.3 is 10.6 Å². The fourth-order valence-corrected chi connectivity index (χ4v) is 3.59. The molecule has 0 radical (unpaired) electrons. The zero-order chi connectivity index (χ0) is 19.2. The number of nitrogens with zero attached hydrogens (tertiary/aromatic N) is 1. The van der Waals surface area contributed by atoms with Crippen molar-refractivity contribution in [1.82, 2.24) is 10.6 Å². The summed E-state index contributed by atoms with van der Waals surface area (Å²) in [6.45, 7) is 3.81. The van der Waals surface area contributed by atoms with E-state index in [4.69, 9.17) is 0 Å². The highest BCUT2D eigenvalue weighted by atomic mass is 32.2. The van der Waals surface area contributed by atoms with Crippen LogP contribution in [0.4, 0.5) is 4.39 Å². The lowest BCUT2D eigenvalue weighted by Crippen LogP contribution is -2.40. The van der Waals surface area contributed by atoms with Crippen molar-refractivity contribution in [2.75, 3.05) is 19.3 Å². The van der Waals surface area contributed by atoms with Crippen molar-refractivity contribution in [2.45, 2.75) is 24.8 Å². The molecule has 0 aliphatic carbocycles. The zero-order valence-corrected chi connectivity index (χ0v) is 16.0. The van der Waals surface area contributed by atoms with Gasteiger partial charge in [0, 0.05) is 13.6 Å². The lowest BCUT2D eigenvalue weighted by molar-refractivity contribution is 0.593. The number of aryl methyl sites for hydroxylation is 1. The molecule has 1 atom stereocenters. The van der Waals surface area contributed by atoms with Crippen LogP contribution in [0.15, 0.2) is 58.4 Å². The predicted molar refractivity (Wildman–Crippen MR) is 103 cm³/mol. The minimum Gasteiger partial charge on any atom is -0.355 e. The molecule has 26 heavy (non-hydrogen) atoms. The van der Waals surface area contributed by atoms with E-state index in [0.717, 1.165) is 5.56 Å². The number of benzene rings is 2. The Morgan fingerprint density at radius 1 is 1.19 bits per heavy atom. The van der Waals surface area contributed by atoms with Crippen molar-refractivity contribution in [1.29, 1.82) is 0 Å². The summed E-state index contributed by atoms with van der Waals surface area (Å²) in [7, 11) is -1.75. The maximum absolute atomic E-state index is 13.7. The summed E-state index contributed by atoms with van der Waals surface area (Å²) < 4.78 is 38.3. The third-order valence-electron chi connectivity index (χ3n) is 4.04. The van der Waals surface area contributed by atoms with Crippen LogP contribution < -0.4 is 10.6 Å². The minimum absolute atomic E-state index is 0.0503. The topological polar surface area (TPSA) is 70.6 Å². The van der Waals surface area contributed by atoms with Crippen LogP contribution in [-0.4, -0.2) is 33.7 Å². The highest BCUT2D eigenvalue weighted by molar-refractivity contribution is 7.91. The van der Waals surface area contributed by atoms with Crippen LogP contribution >= 0.6 is 0 Å². The molecule has 0 spiro atoms. The molecule has 0 aliphatic heterocycles. The Hall–Kier alpha value is -2.41.